The van der Waals surface area contributed by atoms with Gasteiger partial charge in [-0.15, -0.1) is 0 Å². The molecule has 4 N–H and O–H groups in total. The fourth-order valence-electron chi connectivity index (χ4n) is 5.61. The Bertz CT molecular complexity index is 2310. The summed E-state index contributed by atoms with van der Waals surface area (Å²) in [5, 5.41) is 39.5. The van der Waals surface area contributed by atoms with Gasteiger partial charge in [0, 0.05) is 34.4 Å². The van der Waals surface area contributed by atoms with Crippen LogP contribution in [0.25, 0.3) is 67.1 Å². The number of phenols is 4. The van der Waals surface area contributed by atoms with Gasteiger partial charge in [-0.2, -0.15) is 0 Å². The first-order valence-electron chi connectivity index (χ1n) is 15.4. The van der Waals surface area contributed by atoms with Crippen molar-refractivity contribution in [2.75, 3.05) is 0 Å². The molecule has 0 spiro atoms. The Morgan fingerprint density at radius 3 is 0.857 bits per heavy atom. The molecule has 0 fully saturated rings. The molecule has 0 radical (unpaired) electrons. The maximum absolute atomic E-state index is 9.89. The van der Waals surface area contributed by atoms with Crippen molar-refractivity contribution < 1.29 is 25.2 Å². The van der Waals surface area contributed by atoms with Gasteiger partial charge in [0.1, 0.15) is 34.5 Å². The molecule has 0 aliphatic heterocycles. The van der Waals surface area contributed by atoms with Crippen LogP contribution in [0.15, 0.2) is 133 Å². The Hall–Kier alpha value is -7.00. The van der Waals surface area contributed by atoms with Gasteiger partial charge in [-0.3, -0.25) is 0 Å². The number of phenolic OH excluding ortho intramolecular Hbond substituents is 4. The zero-order valence-corrected chi connectivity index (χ0v) is 25.7. The monoisotopic (exact) mass is 642 g/mol. The molecule has 0 saturated heterocycles. The van der Waals surface area contributed by atoms with Crippen molar-refractivity contribution >= 4 is 22.1 Å². The minimum Gasteiger partial charge on any atom is -0.508 e. The summed E-state index contributed by atoms with van der Waals surface area (Å²) >= 11 is 0. The Morgan fingerprint density at radius 1 is 0.306 bits per heavy atom. The molecule has 0 bridgehead atoms. The largest absolute Gasteiger partial charge is 0.508 e. The average molecular weight is 643 g/mol. The topological polar surface area (TPSA) is 142 Å². The number of rotatable bonds is 6. The van der Waals surface area contributed by atoms with E-state index < -0.39 is 0 Å². The molecule has 8 aromatic rings. The van der Waals surface area contributed by atoms with E-state index in [1.807, 2.05) is 36.4 Å². The Morgan fingerprint density at radius 2 is 0.571 bits per heavy atom. The minimum atomic E-state index is 0.145. The number of hydrogen-bond donors (Lipinski definition) is 4. The van der Waals surface area contributed by atoms with Gasteiger partial charge in [0.25, 0.3) is 0 Å². The van der Waals surface area contributed by atoms with E-state index in [1.54, 1.807) is 97.1 Å². The second-order valence-corrected chi connectivity index (χ2v) is 11.4. The number of hydrogen-bond acceptors (Lipinski definition) is 9. The quantitative estimate of drug-likeness (QED) is 0.140. The molecule has 0 unspecified atom stereocenters. The zero-order chi connectivity index (χ0) is 33.5. The van der Waals surface area contributed by atoms with E-state index in [1.165, 1.54) is 0 Å². The molecule has 0 aliphatic carbocycles. The van der Waals surface area contributed by atoms with Crippen molar-refractivity contribution in [2.24, 2.45) is 0 Å². The maximum atomic E-state index is 9.89. The lowest BCUT2D eigenvalue weighted by atomic mass is 10.0. The average Bonchev–Trinajstić information content (AvgIpc) is 3.12. The van der Waals surface area contributed by atoms with Crippen LogP contribution >= 0.6 is 0 Å². The van der Waals surface area contributed by atoms with Gasteiger partial charge in [-0.25, -0.2) is 19.9 Å². The summed E-state index contributed by atoms with van der Waals surface area (Å²) < 4.78 is 6.32. The fourth-order valence-corrected chi connectivity index (χ4v) is 5.61. The summed E-state index contributed by atoms with van der Waals surface area (Å²) in [6, 6.07) is 38.1. The lowest BCUT2D eigenvalue weighted by Gasteiger charge is -2.13. The molecule has 236 valence electrons. The summed E-state index contributed by atoms with van der Waals surface area (Å²) in [5.74, 6) is 1.68. The highest BCUT2D eigenvalue weighted by Crippen LogP contribution is 2.36. The van der Waals surface area contributed by atoms with Crippen molar-refractivity contribution in [3.8, 4) is 79.5 Å². The van der Waals surface area contributed by atoms with Crippen molar-refractivity contribution in [3.05, 3.63) is 133 Å². The summed E-state index contributed by atoms with van der Waals surface area (Å²) in [6.45, 7) is 0. The second-order valence-electron chi connectivity index (χ2n) is 11.4. The highest BCUT2D eigenvalue weighted by atomic mass is 16.5. The van der Waals surface area contributed by atoms with E-state index in [0.717, 1.165) is 22.3 Å². The highest BCUT2D eigenvalue weighted by molar-refractivity contribution is 5.88. The van der Waals surface area contributed by atoms with E-state index in [0.29, 0.717) is 56.3 Å². The summed E-state index contributed by atoms with van der Waals surface area (Å²) in [4.78, 5) is 19.8. The number of ether oxygens (including phenoxy) is 1. The molecule has 2 heterocycles. The molecule has 8 rings (SSSR count). The predicted octanol–water partition coefficient (Wildman–Crippen LogP) is 8.86. The highest BCUT2D eigenvalue weighted by Gasteiger charge is 2.17. The Labute approximate surface area is 279 Å². The minimum absolute atomic E-state index is 0.145. The Balaban J connectivity index is 1.19. The number of aromatic nitrogens is 4. The fraction of sp³-hybridized carbons (Fsp3) is 0. The SMILES string of the molecule is Oc1ccc(-c2nc3ccc(Oc4ccc5nc(-c6ccc(O)cc6)c(-c6ccc(O)cc6)nc5c4)cc3nc2-c2ccc(O)cc2)cc1. The maximum Gasteiger partial charge on any atom is 0.129 e. The van der Waals surface area contributed by atoms with Gasteiger partial charge in [0.05, 0.1) is 44.8 Å². The van der Waals surface area contributed by atoms with Crippen LogP contribution in [-0.2, 0) is 0 Å². The van der Waals surface area contributed by atoms with E-state index in [4.69, 9.17) is 24.7 Å². The second kappa shape index (κ2) is 12.0. The van der Waals surface area contributed by atoms with E-state index in [-0.39, 0.29) is 23.0 Å². The van der Waals surface area contributed by atoms with E-state index in [9.17, 15) is 20.4 Å². The molecule has 49 heavy (non-hydrogen) atoms. The lowest BCUT2D eigenvalue weighted by molar-refractivity contribution is 0.475. The molecular formula is C40H26N4O5. The molecule has 0 amide bonds. The van der Waals surface area contributed by atoms with Gasteiger partial charge in [-0.1, -0.05) is 0 Å². The van der Waals surface area contributed by atoms with E-state index in [2.05, 4.69) is 0 Å². The van der Waals surface area contributed by atoms with Crippen molar-refractivity contribution in [3.63, 3.8) is 0 Å². The molecular weight excluding hydrogens is 616 g/mol. The molecule has 9 heteroatoms. The van der Waals surface area contributed by atoms with Crippen molar-refractivity contribution in [2.45, 2.75) is 0 Å². The third-order valence-corrected chi connectivity index (χ3v) is 8.07. The van der Waals surface area contributed by atoms with Crippen LogP contribution in [0.1, 0.15) is 0 Å². The van der Waals surface area contributed by atoms with Crippen LogP contribution in [-0.4, -0.2) is 40.4 Å². The van der Waals surface area contributed by atoms with Gasteiger partial charge in [0.15, 0.2) is 0 Å². The zero-order valence-electron chi connectivity index (χ0n) is 25.7. The summed E-state index contributed by atoms with van der Waals surface area (Å²) in [7, 11) is 0. The third kappa shape index (κ3) is 5.88. The van der Waals surface area contributed by atoms with Gasteiger partial charge in [-0.05, 0) is 121 Å². The van der Waals surface area contributed by atoms with Gasteiger partial charge in [0.2, 0.25) is 0 Å². The first-order chi connectivity index (χ1) is 23.9. The Kier molecular flexibility index (Phi) is 7.19. The van der Waals surface area contributed by atoms with Crippen LogP contribution in [0.2, 0.25) is 0 Å². The van der Waals surface area contributed by atoms with Crippen LogP contribution in [0.3, 0.4) is 0 Å². The summed E-state index contributed by atoms with van der Waals surface area (Å²) in [5.41, 5.74) is 8.13. The molecule has 2 aromatic heterocycles. The van der Waals surface area contributed by atoms with Gasteiger partial charge < -0.3 is 25.2 Å². The molecule has 0 aliphatic rings. The predicted molar refractivity (Wildman–Crippen MR) is 188 cm³/mol. The molecule has 0 atom stereocenters. The molecule has 6 aromatic carbocycles. The molecule has 0 saturated carbocycles. The van der Waals surface area contributed by atoms with Crippen LogP contribution in [0.4, 0.5) is 0 Å². The lowest BCUT2D eigenvalue weighted by Crippen LogP contribution is -1.97. The number of aromatic hydroxyl groups is 4. The van der Waals surface area contributed by atoms with E-state index >= 15 is 0 Å². The first-order valence-corrected chi connectivity index (χ1v) is 15.4. The van der Waals surface area contributed by atoms with Crippen LogP contribution in [0.5, 0.6) is 34.5 Å². The number of benzene rings is 6. The standard InChI is InChI=1S/C40H26N4O5/c45-27-9-1-23(2-10-27)37-39(25-5-13-29(47)14-6-25)43-35-21-31(17-19-33(35)41-37)49-32-18-20-34-36(22-32)44-40(26-7-15-30(48)16-8-26)38(42-34)24-3-11-28(46)12-4-24/h1-22,45-48H. The normalized spacial score (nSPS) is 11.2. The van der Waals surface area contributed by atoms with Crippen LogP contribution in [0, 0.1) is 0 Å². The first kappa shape index (κ1) is 29.4. The van der Waals surface area contributed by atoms with Gasteiger partial charge >= 0.3 is 0 Å². The van der Waals surface area contributed by atoms with Crippen LogP contribution < -0.4 is 4.74 Å². The summed E-state index contributed by atoms with van der Waals surface area (Å²) in [6.07, 6.45) is 0. The smallest absolute Gasteiger partial charge is 0.129 e. The number of nitrogens with zero attached hydrogens (tertiary/aromatic N) is 4. The van der Waals surface area contributed by atoms with Crippen molar-refractivity contribution in [1.82, 2.24) is 19.9 Å². The van der Waals surface area contributed by atoms with Crippen molar-refractivity contribution in [1.29, 1.82) is 0 Å². The molecule has 9 nitrogen and oxygen atoms in total. The third-order valence-electron chi connectivity index (χ3n) is 8.07. The number of fused-ring (bicyclic) bond motifs is 2.